The summed E-state index contributed by atoms with van der Waals surface area (Å²) in [5.74, 6) is -0.969. The van der Waals surface area contributed by atoms with E-state index in [0.29, 0.717) is 65.4 Å². The SMILES string of the molecule is CCCCCCCCCCCCCCCC(=O)NCCOCCNC(=O)CCOCCNC(=O)CC[C@H](N)C(=O)NCCOCCC(=O)NCCOCCNC(=O)CCC. The summed E-state index contributed by atoms with van der Waals surface area (Å²) in [4.78, 5) is 71.6. The van der Waals surface area contributed by atoms with Gasteiger partial charge in [-0.3, -0.25) is 28.8 Å². The Hall–Kier alpha value is -3.38. The van der Waals surface area contributed by atoms with Crippen LogP contribution >= 0.6 is 0 Å². The molecule has 0 fully saturated rings. The second-order valence-electron chi connectivity index (χ2n) is 14.9. The Labute approximate surface area is 360 Å². The lowest BCUT2D eigenvalue weighted by Crippen LogP contribution is -2.42. The lowest BCUT2D eigenvalue weighted by Gasteiger charge is -2.12. The van der Waals surface area contributed by atoms with Crippen LogP contribution < -0.4 is 37.6 Å². The molecule has 0 aliphatic heterocycles. The van der Waals surface area contributed by atoms with Crippen LogP contribution in [-0.2, 0) is 47.7 Å². The number of carbonyl (C=O) groups excluding carboxylic acids is 6. The molecule has 6 amide bonds. The van der Waals surface area contributed by atoms with Crippen LogP contribution in [0.15, 0.2) is 0 Å². The molecule has 0 saturated heterocycles. The molecule has 0 unspecified atom stereocenters. The molecule has 0 aromatic heterocycles. The van der Waals surface area contributed by atoms with Gasteiger partial charge in [0.2, 0.25) is 35.4 Å². The van der Waals surface area contributed by atoms with Crippen LogP contribution in [0, 0.1) is 0 Å². The van der Waals surface area contributed by atoms with Gasteiger partial charge in [0.15, 0.2) is 0 Å². The van der Waals surface area contributed by atoms with Gasteiger partial charge in [-0.1, -0.05) is 90.9 Å². The van der Waals surface area contributed by atoms with Crippen molar-refractivity contribution >= 4 is 35.4 Å². The molecule has 0 spiro atoms. The molecular formula is C43H83N7O10. The van der Waals surface area contributed by atoms with E-state index in [-0.39, 0.29) is 94.7 Å². The fourth-order valence-electron chi connectivity index (χ4n) is 5.82. The predicted molar refractivity (Wildman–Crippen MR) is 233 cm³/mol. The van der Waals surface area contributed by atoms with Gasteiger partial charge in [0.05, 0.1) is 58.9 Å². The molecule has 0 heterocycles. The van der Waals surface area contributed by atoms with Crippen molar-refractivity contribution in [2.24, 2.45) is 5.73 Å². The Morgan fingerprint density at radius 1 is 0.367 bits per heavy atom. The fourth-order valence-corrected chi connectivity index (χ4v) is 5.82. The summed E-state index contributed by atoms with van der Waals surface area (Å²) in [5.41, 5.74) is 5.90. The highest BCUT2D eigenvalue weighted by Gasteiger charge is 2.15. The van der Waals surface area contributed by atoms with Crippen molar-refractivity contribution < 1.29 is 47.7 Å². The number of rotatable bonds is 44. The number of hydrogen-bond donors (Lipinski definition) is 7. The molecule has 0 aliphatic rings. The van der Waals surface area contributed by atoms with Gasteiger partial charge in [0.25, 0.3) is 0 Å². The third-order valence-corrected chi connectivity index (χ3v) is 9.34. The van der Waals surface area contributed by atoms with Crippen molar-refractivity contribution in [3.63, 3.8) is 0 Å². The lowest BCUT2D eigenvalue weighted by molar-refractivity contribution is -0.125. The quantitative estimate of drug-likeness (QED) is 0.0440. The predicted octanol–water partition coefficient (Wildman–Crippen LogP) is 2.92. The summed E-state index contributed by atoms with van der Waals surface area (Å²) in [7, 11) is 0. The zero-order valence-electron chi connectivity index (χ0n) is 37.3. The molecule has 17 heteroatoms. The van der Waals surface area contributed by atoms with E-state index in [4.69, 9.17) is 24.7 Å². The normalized spacial score (nSPS) is 11.4. The smallest absolute Gasteiger partial charge is 0.237 e. The minimum Gasteiger partial charge on any atom is -0.379 e. The number of unbranched alkanes of at least 4 members (excludes halogenated alkanes) is 12. The molecular weight excluding hydrogens is 775 g/mol. The van der Waals surface area contributed by atoms with Gasteiger partial charge < -0.3 is 56.6 Å². The summed E-state index contributed by atoms with van der Waals surface area (Å²) >= 11 is 0. The minimum atomic E-state index is -0.860. The Morgan fingerprint density at radius 3 is 1.08 bits per heavy atom. The number of ether oxygens (including phenoxy) is 4. The standard InChI is InChI=1S/C43H83N7O10/c1-3-5-6-7-8-9-10-11-12-13-14-15-16-18-39(52)46-25-33-60-35-27-48-41(54)21-29-57-31-23-47-40(53)20-19-37(44)43(56)50-28-36-58-30-22-42(55)49-26-34-59-32-24-45-38(51)17-4-2/h37H,3-36,44H2,1-2H3,(H,45,51)(H,46,52)(H,47,53)(H,48,54)(H,49,55)(H,50,56)/t37-/m0/s1. The summed E-state index contributed by atoms with van der Waals surface area (Å²) < 4.78 is 21.7. The highest BCUT2D eigenvalue weighted by atomic mass is 16.5. The number of nitrogens with one attached hydrogen (secondary N) is 6. The maximum absolute atomic E-state index is 12.2. The zero-order chi connectivity index (χ0) is 44.2. The van der Waals surface area contributed by atoms with Crippen LogP contribution in [-0.4, -0.2) is 134 Å². The van der Waals surface area contributed by atoms with Gasteiger partial charge in [-0.25, -0.2) is 0 Å². The monoisotopic (exact) mass is 858 g/mol. The van der Waals surface area contributed by atoms with Crippen LogP contribution in [0.3, 0.4) is 0 Å². The molecule has 0 saturated carbocycles. The van der Waals surface area contributed by atoms with E-state index >= 15 is 0 Å². The van der Waals surface area contributed by atoms with Gasteiger partial charge in [-0.15, -0.1) is 0 Å². The van der Waals surface area contributed by atoms with Gasteiger partial charge in [-0.05, 0) is 19.3 Å². The Balaban J connectivity index is 3.54. The van der Waals surface area contributed by atoms with Crippen molar-refractivity contribution in [1.82, 2.24) is 31.9 Å². The maximum atomic E-state index is 12.2. The van der Waals surface area contributed by atoms with Gasteiger partial charge in [0.1, 0.15) is 0 Å². The third kappa shape index (κ3) is 41.4. The average molecular weight is 858 g/mol. The molecule has 17 nitrogen and oxygen atoms in total. The molecule has 0 bridgehead atoms. The first-order chi connectivity index (χ1) is 29.2. The van der Waals surface area contributed by atoms with Gasteiger partial charge in [-0.2, -0.15) is 0 Å². The van der Waals surface area contributed by atoms with E-state index in [1.54, 1.807) is 0 Å². The summed E-state index contributed by atoms with van der Waals surface area (Å²) in [6.45, 7) is 8.53. The van der Waals surface area contributed by atoms with E-state index in [1.807, 2.05) is 6.92 Å². The van der Waals surface area contributed by atoms with Crippen LogP contribution in [0.1, 0.15) is 142 Å². The minimum absolute atomic E-state index is 0.00216. The van der Waals surface area contributed by atoms with E-state index in [2.05, 4.69) is 38.8 Å². The second kappa shape index (κ2) is 43.7. The molecule has 0 radical (unpaired) electrons. The molecule has 0 aromatic carbocycles. The number of amides is 6. The number of hydrogen-bond acceptors (Lipinski definition) is 11. The fraction of sp³-hybridized carbons (Fsp3) is 0.860. The first kappa shape index (κ1) is 56.6. The molecule has 8 N–H and O–H groups in total. The zero-order valence-corrected chi connectivity index (χ0v) is 37.3. The topological polar surface area (TPSA) is 238 Å². The highest BCUT2D eigenvalue weighted by Crippen LogP contribution is 2.13. The molecule has 350 valence electrons. The van der Waals surface area contributed by atoms with Crippen LogP contribution in [0.25, 0.3) is 0 Å². The Bertz CT molecular complexity index is 1100. The molecule has 0 rings (SSSR count). The van der Waals surface area contributed by atoms with Gasteiger partial charge in [0, 0.05) is 71.4 Å². The van der Waals surface area contributed by atoms with Crippen molar-refractivity contribution in [2.45, 2.75) is 148 Å². The van der Waals surface area contributed by atoms with Crippen molar-refractivity contribution in [1.29, 1.82) is 0 Å². The summed E-state index contributed by atoms with van der Waals surface area (Å²) in [6, 6.07) is -0.860. The Kier molecular flexibility index (Phi) is 41.2. The van der Waals surface area contributed by atoms with Crippen molar-refractivity contribution in [2.75, 3.05) is 92.1 Å². The summed E-state index contributed by atoms with van der Waals surface area (Å²) in [6.07, 6.45) is 19.0. The summed E-state index contributed by atoms with van der Waals surface area (Å²) in [5, 5.41) is 16.5. The van der Waals surface area contributed by atoms with Crippen molar-refractivity contribution in [3.8, 4) is 0 Å². The second-order valence-corrected chi connectivity index (χ2v) is 14.9. The van der Waals surface area contributed by atoms with E-state index in [9.17, 15) is 28.8 Å². The van der Waals surface area contributed by atoms with E-state index in [0.717, 1.165) is 19.3 Å². The van der Waals surface area contributed by atoms with Crippen LogP contribution in [0.2, 0.25) is 0 Å². The van der Waals surface area contributed by atoms with E-state index in [1.165, 1.54) is 70.6 Å². The van der Waals surface area contributed by atoms with Crippen LogP contribution in [0.4, 0.5) is 0 Å². The Morgan fingerprint density at radius 2 is 0.683 bits per heavy atom. The largest absolute Gasteiger partial charge is 0.379 e. The molecule has 60 heavy (non-hydrogen) atoms. The molecule has 0 aliphatic carbocycles. The highest BCUT2D eigenvalue weighted by molar-refractivity contribution is 5.83. The van der Waals surface area contributed by atoms with Crippen LogP contribution in [0.5, 0.6) is 0 Å². The number of nitrogens with two attached hydrogens (primary N) is 1. The average Bonchev–Trinajstić information content (AvgIpc) is 3.23. The molecule has 0 aromatic rings. The number of carbonyl (C=O) groups is 6. The maximum Gasteiger partial charge on any atom is 0.237 e. The third-order valence-electron chi connectivity index (χ3n) is 9.34. The van der Waals surface area contributed by atoms with Crippen molar-refractivity contribution in [3.05, 3.63) is 0 Å². The lowest BCUT2D eigenvalue weighted by atomic mass is 10.0. The first-order valence-corrected chi connectivity index (χ1v) is 22.9. The van der Waals surface area contributed by atoms with E-state index < -0.39 is 11.9 Å². The van der Waals surface area contributed by atoms with Gasteiger partial charge >= 0.3 is 0 Å². The first-order valence-electron chi connectivity index (χ1n) is 22.9. The molecule has 1 atom stereocenters.